The van der Waals surface area contributed by atoms with Crippen LogP contribution in [0.4, 0.5) is 4.39 Å². The number of benzene rings is 3. The van der Waals surface area contributed by atoms with Crippen molar-refractivity contribution in [3.63, 3.8) is 0 Å². The third kappa shape index (κ3) is 2.74. The summed E-state index contributed by atoms with van der Waals surface area (Å²) in [5.74, 6) is 5.57. The molecule has 96 valence electrons. The number of hydrogen-bond donors (Lipinski definition) is 0. The minimum absolute atomic E-state index is 0.312. The van der Waals surface area contributed by atoms with Crippen molar-refractivity contribution in [2.45, 2.75) is 0 Å². The van der Waals surface area contributed by atoms with Gasteiger partial charge in [0.2, 0.25) is 0 Å². The molecule has 0 heterocycles. The Morgan fingerprint density at radius 3 is 2.40 bits per heavy atom. The fourth-order valence-electron chi connectivity index (χ4n) is 2.00. The molecular formula is C18H10BrF. The molecular weight excluding hydrogens is 315 g/mol. The molecule has 20 heavy (non-hydrogen) atoms. The van der Waals surface area contributed by atoms with Crippen LogP contribution in [0.1, 0.15) is 11.1 Å². The summed E-state index contributed by atoms with van der Waals surface area (Å²) in [6, 6.07) is 19.0. The Balaban J connectivity index is 1.99. The predicted molar refractivity (Wildman–Crippen MR) is 84.0 cm³/mol. The van der Waals surface area contributed by atoms with Gasteiger partial charge in [0.25, 0.3) is 0 Å². The van der Waals surface area contributed by atoms with Gasteiger partial charge >= 0.3 is 0 Å². The molecule has 0 unspecified atom stereocenters. The zero-order valence-corrected chi connectivity index (χ0v) is 12.1. The average Bonchev–Trinajstić information content (AvgIpc) is 2.46. The summed E-state index contributed by atoms with van der Waals surface area (Å²) in [4.78, 5) is 0. The molecule has 0 aliphatic heterocycles. The molecule has 0 saturated carbocycles. The van der Waals surface area contributed by atoms with E-state index < -0.39 is 0 Å². The minimum Gasteiger partial charge on any atom is -0.206 e. The monoisotopic (exact) mass is 324 g/mol. The molecule has 0 aliphatic rings. The van der Waals surface area contributed by atoms with E-state index in [-0.39, 0.29) is 5.82 Å². The van der Waals surface area contributed by atoms with E-state index in [0.29, 0.717) is 10.0 Å². The SMILES string of the molecule is Fc1cc(Br)ccc1C#Cc1ccc2ccccc2c1. The van der Waals surface area contributed by atoms with Crippen molar-refractivity contribution in [2.24, 2.45) is 0 Å². The van der Waals surface area contributed by atoms with Crippen LogP contribution >= 0.6 is 15.9 Å². The molecule has 0 radical (unpaired) electrons. The van der Waals surface area contributed by atoms with Crippen LogP contribution in [0.2, 0.25) is 0 Å². The van der Waals surface area contributed by atoms with Crippen LogP contribution in [-0.2, 0) is 0 Å². The molecule has 0 bridgehead atoms. The molecule has 0 aromatic heterocycles. The highest BCUT2D eigenvalue weighted by Gasteiger charge is 1.99. The van der Waals surface area contributed by atoms with Crippen molar-refractivity contribution in [1.29, 1.82) is 0 Å². The van der Waals surface area contributed by atoms with Crippen molar-refractivity contribution in [3.8, 4) is 11.8 Å². The molecule has 3 rings (SSSR count). The minimum atomic E-state index is -0.312. The van der Waals surface area contributed by atoms with Gasteiger partial charge in [0.05, 0.1) is 5.56 Å². The molecule has 0 amide bonds. The molecule has 0 spiro atoms. The van der Waals surface area contributed by atoms with E-state index in [1.807, 2.05) is 36.4 Å². The molecule has 0 atom stereocenters. The quantitative estimate of drug-likeness (QED) is 0.502. The Morgan fingerprint density at radius 1 is 0.800 bits per heavy atom. The van der Waals surface area contributed by atoms with E-state index in [1.54, 1.807) is 12.1 Å². The van der Waals surface area contributed by atoms with Crippen molar-refractivity contribution in [1.82, 2.24) is 0 Å². The van der Waals surface area contributed by atoms with Gasteiger partial charge in [0.15, 0.2) is 0 Å². The summed E-state index contributed by atoms with van der Waals surface area (Å²) in [6.07, 6.45) is 0. The Morgan fingerprint density at radius 2 is 1.60 bits per heavy atom. The topological polar surface area (TPSA) is 0 Å². The third-order valence-electron chi connectivity index (χ3n) is 3.02. The summed E-state index contributed by atoms with van der Waals surface area (Å²) in [6.45, 7) is 0. The normalized spacial score (nSPS) is 10.1. The maximum Gasteiger partial charge on any atom is 0.139 e. The van der Waals surface area contributed by atoms with Gasteiger partial charge in [-0.3, -0.25) is 0 Å². The standard InChI is InChI=1S/C18H10BrF/c19-17-10-9-15(18(20)12-17)8-6-13-5-7-14-3-1-2-4-16(14)11-13/h1-5,7,9-12H. The van der Waals surface area contributed by atoms with E-state index in [2.05, 4.69) is 33.8 Å². The van der Waals surface area contributed by atoms with Crippen molar-refractivity contribution < 1.29 is 4.39 Å². The predicted octanol–water partition coefficient (Wildman–Crippen LogP) is 5.14. The second kappa shape index (κ2) is 5.48. The number of rotatable bonds is 0. The number of halogens is 2. The van der Waals surface area contributed by atoms with Gasteiger partial charge in [-0.05, 0) is 41.1 Å². The largest absolute Gasteiger partial charge is 0.206 e. The lowest BCUT2D eigenvalue weighted by Crippen LogP contribution is -1.83. The van der Waals surface area contributed by atoms with Crippen molar-refractivity contribution in [2.75, 3.05) is 0 Å². The van der Waals surface area contributed by atoms with Crippen LogP contribution in [0.15, 0.2) is 65.1 Å². The molecule has 0 aliphatic carbocycles. The Kier molecular flexibility index (Phi) is 3.54. The summed E-state index contributed by atoms with van der Waals surface area (Å²) in [7, 11) is 0. The summed E-state index contributed by atoms with van der Waals surface area (Å²) in [5, 5.41) is 2.31. The average molecular weight is 325 g/mol. The van der Waals surface area contributed by atoms with Crippen molar-refractivity contribution >= 4 is 26.7 Å². The lowest BCUT2D eigenvalue weighted by atomic mass is 10.1. The van der Waals surface area contributed by atoms with Gasteiger partial charge in [-0.1, -0.05) is 58.1 Å². The molecule has 3 aromatic rings. The maximum absolute atomic E-state index is 13.7. The molecule has 3 aromatic carbocycles. The number of hydrogen-bond acceptors (Lipinski definition) is 0. The first kappa shape index (κ1) is 12.9. The molecule has 0 saturated heterocycles. The smallest absolute Gasteiger partial charge is 0.139 e. The first-order valence-corrected chi connectivity index (χ1v) is 6.97. The lowest BCUT2D eigenvalue weighted by molar-refractivity contribution is 0.623. The van der Waals surface area contributed by atoms with Gasteiger partial charge in [-0.2, -0.15) is 0 Å². The van der Waals surface area contributed by atoms with Gasteiger partial charge < -0.3 is 0 Å². The fourth-order valence-corrected chi connectivity index (χ4v) is 2.33. The zero-order valence-electron chi connectivity index (χ0n) is 10.5. The first-order chi connectivity index (χ1) is 9.72. The van der Waals surface area contributed by atoms with Gasteiger partial charge in [0, 0.05) is 10.0 Å². The van der Waals surface area contributed by atoms with Gasteiger partial charge in [-0.25, -0.2) is 4.39 Å². The Labute approximate surface area is 125 Å². The first-order valence-electron chi connectivity index (χ1n) is 6.18. The van der Waals surface area contributed by atoms with Gasteiger partial charge in [0.1, 0.15) is 5.82 Å². The second-order valence-corrected chi connectivity index (χ2v) is 5.35. The Hall–Kier alpha value is -2.11. The van der Waals surface area contributed by atoms with Crippen LogP contribution in [0, 0.1) is 17.7 Å². The third-order valence-corrected chi connectivity index (χ3v) is 3.52. The maximum atomic E-state index is 13.7. The highest BCUT2D eigenvalue weighted by molar-refractivity contribution is 9.10. The van der Waals surface area contributed by atoms with E-state index in [1.165, 1.54) is 11.5 Å². The van der Waals surface area contributed by atoms with Crippen LogP contribution in [0.5, 0.6) is 0 Å². The molecule has 0 nitrogen and oxygen atoms in total. The van der Waals surface area contributed by atoms with E-state index in [9.17, 15) is 4.39 Å². The molecule has 0 fully saturated rings. The van der Waals surface area contributed by atoms with Crippen LogP contribution in [-0.4, -0.2) is 0 Å². The summed E-state index contributed by atoms with van der Waals surface area (Å²) >= 11 is 3.23. The number of fused-ring (bicyclic) bond motifs is 1. The van der Waals surface area contributed by atoms with Crippen LogP contribution in [0.3, 0.4) is 0 Å². The Bertz CT molecular complexity index is 841. The van der Waals surface area contributed by atoms with Crippen LogP contribution < -0.4 is 0 Å². The zero-order chi connectivity index (χ0) is 13.9. The van der Waals surface area contributed by atoms with Gasteiger partial charge in [-0.15, -0.1) is 0 Å². The highest BCUT2D eigenvalue weighted by Crippen LogP contribution is 2.16. The summed E-state index contributed by atoms with van der Waals surface area (Å²) in [5.41, 5.74) is 1.28. The van der Waals surface area contributed by atoms with E-state index in [0.717, 1.165) is 10.9 Å². The summed E-state index contributed by atoms with van der Waals surface area (Å²) < 4.78 is 14.4. The molecule has 2 heteroatoms. The van der Waals surface area contributed by atoms with E-state index >= 15 is 0 Å². The fraction of sp³-hybridized carbons (Fsp3) is 0. The second-order valence-electron chi connectivity index (χ2n) is 4.44. The lowest BCUT2D eigenvalue weighted by Gasteiger charge is -1.98. The highest BCUT2D eigenvalue weighted by atomic mass is 79.9. The van der Waals surface area contributed by atoms with E-state index in [4.69, 9.17) is 0 Å². The van der Waals surface area contributed by atoms with Crippen LogP contribution in [0.25, 0.3) is 10.8 Å². The molecule has 0 N–H and O–H groups in total. The van der Waals surface area contributed by atoms with Crippen molar-refractivity contribution in [3.05, 3.63) is 82.1 Å².